The minimum absolute atomic E-state index is 0.0689. The van der Waals surface area contributed by atoms with Crippen molar-refractivity contribution < 1.29 is 10.2 Å². The first-order valence-electron chi connectivity index (χ1n) is 6.33. The maximum Gasteiger partial charge on any atom is 0.233 e. The molecule has 21 heavy (non-hydrogen) atoms. The summed E-state index contributed by atoms with van der Waals surface area (Å²) in [6, 6.07) is 7.04. The summed E-state index contributed by atoms with van der Waals surface area (Å²) in [6.45, 7) is 0.185. The van der Waals surface area contributed by atoms with Crippen LogP contribution in [0, 0.1) is 0 Å². The SMILES string of the molecule is CN(CO)c1nc(N)nc(N(C)Cc2ccccc2O)n1. The highest BCUT2D eigenvalue weighted by atomic mass is 16.3. The number of aromatic nitrogens is 3. The van der Waals surface area contributed by atoms with Gasteiger partial charge >= 0.3 is 0 Å². The molecule has 1 heterocycles. The fourth-order valence-corrected chi connectivity index (χ4v) is 1.74. The topological polar surface area (TPSA) is 112 Å². The number of rotatable bonds is 5. The molecule has 0 aliphatic heterocycles. The number of nitrogens with two attached hydrogens (primary N) is 1. The van der Waals surface area contributed by atoms with E-state index in [1.807, 2.05) is 12.1 Å². The first-order valence-corrected chi connectivity index (χ1v) is 6.33. The molecule has 0 aliphatic rings. The fourth-order valence-electron chi connectivity index (χ4n) is 1.74. The largest absolute Gasteiger partial charge is 0.508 e. The third kappa shape index (κ3) is 3.48. The lowest BCUT2D eigenvalue weighted by atomic mass is 10.2. The van der Waals surface area contributed by atoms with Crippen LogP contribution in [0.3, 0.4) is 0 Å². The molecule has 2 aromatic rings. The van der Waals surface area contributed by atoms with Gasteiger partial charge in [-0.1, -0.05) is 18.2 Å². The summed E-state index contributed by atoms with van der Waals surface area (Å²) in [5, 5.41) is 18.9. The summed E-state index contributed by atoms with van der Waals surface area (Å²) in [7, 11) is 3.42. The summed E-state index contributed by atoms with van der Waals surface area (Å²) in [4.78, 5) is 15.4. The number of hydrogen-bond acceptors (Lipinski definition) is 8. The first-order chi connectivity index (χ1) is 10.0. The Morgan fingerprint density at radius 2 is 1.67 bits per heavy atom. The van der Waals surface area contributed by atoms with E-state index in [1.165, 1.54) is 4.90 Å². The standard InChI is InChI=1S/C13H18N6O2/c1-18(7-9-5-3-4-6-10(9)21)12-15-11(14)16-13(17-12)19(2)8-20/h3-6,20-21H,7-8H2,1-2H3,(H2,14,15,16,17). The van der Waals surface area contributed by atoms with Crippen LogP contribution < -0.4 is 15.5 Å². The maximum absolute atomic E-state index is 9.80. The van der Waals surface area contributed by atoms with Crippen LogP contribution in [0.15, 0.2) is 24.3 Å². The van der Waals surface area contributed by atoms with Crippen LogP contribution in [0.1, 0.15) is 5.56 Å². The Morgan fingerprint density at radius 3 is 2.29 bits per heavy atom. The smallest absolute Gasteiger partial charge is 0.233 e. The Kier molecular flexibility index (Phi) is 4.39. The first kappa shape index (κ1) is 14.8. The molecule has 0 saturated carbocycles. The van der Waals surface area contributed by atoms with Gasteiger partial charge in [-0.15, -0.1) is 0 Å². The van der Waals surface area contributed by atoms with Crippen LogP contribution in [0.5, 0.6) is 5.75 Å². The lowest BCUT2D eigenvalue weighted by Crippen LogP contribution is -2.25. The molecular weight excluding hydrogens is 272 g/mol. The Balaban J connectivity index is 2.25. The number of aliphatic hydroxyl groups is 1. The van der Waals surface area contributed by atoms with Crippen LogP contribution >= 0.6 is 0 Å². The normalized spacial score (nSPS) is 10.4. The van der Waals surface area contributed by atoms with Crippen molar-refractivity contribution in [3.63, 3.8) is 0 Å². The van der Waals surface area contributed by atoms with E-state index in [4.69, 9.17) is 10.8 Å². The molecule has 4 N–H and O–H groups in total. The van der Waals surface area contributed by atoms with Crippen LogP contribution in [-0.4, -0.2) is 46.0 Å². The number of phenols is 1. The van der Waals surface area contributed by atoms with Crippen LogP contribution in [0.4, 0.5) is 17.8 Å². The van der Waals surface area contributed by atoms with Crippen molar-refractivity contribution in [2.24, 2.45) is 0 Å². The van der Waals surface area contributed by atoms with Gasteiger partial charge in [-0.3, -0.25) is 0 Å². The van der Waals surface area contributed by atoms with Gasteiger partial charge in [0.05, 0.1) is 0 Å². The molecule has 0 bridgehead atoms. The summed E-state index contributed by atoms with van der Waals surface area (Å²) in [5.41, 5.74) is 6.41. The zero-order valence-electron chi connectivity index (χ0n) is 11.9. The quantitative estimate of drug-likeness (QED) is 0.669. The average molecular weight is 290 g/mol. The van der Waals surface area contributed by atoms with Crippen molar-refractivity contribution in [2.75, 3.05) is 36.4 Å². The number of nitrogen functional groups attached to an aromatic ring is 1. The molecular formula is C13H18N6O2. The number of nitrogens with zero attached hydrogens (tertiary/aromatic N) is 5. The van der Waals surface area contributed by atoms with E-state index in [9.17, 15) is 5.11 Å². The predicted octanol–water partition coefficient (Wildman–Crippen LogP) is 0.182. The second-order valence-corrected chi connectivity index (χ2v) is 4.62. The molecule has 0 atom stereocenters. The van der Waals surface area contributed by atoms with Crippen molar-refractivity contribution in [1.29, 1.82) is 0 Å². The van der Waals surface area contributed by atoms with Crippen molar-refractivity contribution in [3.8, 4) is 5.75 Å². The van der Waals surface area contributed by atoms with Crippen molar-refractivity contribution in [2.45, 2.75) is 6.54 Å². The van der Waals surface area contributed by atoms with Gasteiger partial charge < -0.3 is 25.7 Å². The third-order valence-corrected chi connectivity index (χ3v) is 2.92. The number of hydrogen-bond donors (Lipinski definition) is 3. The highest BCUT2D eigenvalue weighted by molar-refractivity contribution is 5.44. The average Bonchev–Trinajstić information content (AvgIpc) is 2.48. The third-order valence-electron chi connectivity index (χ3n) is 2.92. The second-order valence-electron chi connectivity index (χ2n) is 4.62. The molecule has 1 aromatic carbocycles. The molecule has 0 aliphatic carbocycles. The van der Waals surface area contributed by atoms with Crippen LogP contribution in [0.2, 0.25) is 0 Å². The van der Waals surface area contributed by atoms with Crippen molar-refractivity contribution in [1.82, 2.24) is 15.0 Å². The summed E-state index contributed by atoms with van der Waals surface area (Å²) < 4.78 is 0. The number of aromatic hydroxyl groups is 1. The van der Waals surface area contributed by atoms with Gasteiger partial charge in [0, 0.05) is 26.2 Å². The molecule has 0 unspecified atom stereocenters. The molecule has 112 valence electrons. The molecule has 0 radical (unpaired) electrons. The Labute approximate surface area is 122 Å². The Morgan fingerprint density at radius 1 is 1.05 bits per heavy atom. The molecule has 0 amide bonds. The van der Waals surface area contributed by atoms with Gasteiger partial charge in [0.25, 0.3) is 0 Å². The second kappa shape index (κ2) is 6.23. The number of aliphatic hydroxyl groups excluding tert-OH is 1. The summed E-state index contributed by atoms with van der Waals surface area (Å²) >= 11 is 0. The molecule has 2 rings (SSSR count). The number of benzene rings is 1. The lowest BCUT2D eigenvalue weighted by Gasteiger charge is -2.20. The van der Waals surface area contributed by atoms with Gasteiger partial charge in [0.1, 0.15) is 12.5 Å². The minimum Gasteiger partial charge on any atom is -0.508 e. The van der Waals surface area contributed by atoms with E-state index >= 15 is 0 Å². The van der Waals surface area contributed by atoms with E-state index in [0.29, 0.717) is 12.5 Å². The van der Waals surface area contributed by atoms with Crippen LogP contribution in [-0.2, 0) is 6.54 Å². The Hall–Kier alpha value is -2.61. The van der Waals surface area contributed by atoms with E-state index in [0.717, 1.165) is 5.56 Å². The van der Waals surface area contributed by atoms with E-state index in [-0.39, 0.29) is 24.4 Å². The van der Waals surface area contributed by atoms with Gasteiger partial charge in [-0.25, -0.2) is 0 Å². The minimum atomic E-state index is -0.230. The summed E-state index contributed by atoms with van der Waals surface area (Å²) in [5.74, 6) is 0.920. The number of para-hydroxylation sites is 1. The lowest BCUT2D eigenvalue weighted by molar-refractivity contribution is 0.296. The zero-order chi connectivity index (χ0) is 15.4. The highest BCUT2D eigenvalue weighted by Gasteiger charge is 2.13. The van der Waals surface area contributed by atoms with Crippen molar-refractivity contribution >= 4 is 17.8 Å². The monoisotopic (exact) mass is 290 g/mol. The highest BCUT2D eigenvalue weighted by Crippen LogP contribution is 2.20. The molecule has 8 heteroatoms. The predicted molar refractivity (Wildman–Crippen MR) is 79.9 cm³/mol. The fraction of sp³-hybridized carbons (Fsp3) is 0.308. The summed E-state index contributed by atoms with van der Waals surface area (Å²) in [6.07, 6.45) is 0. The molecule has 1 aromatic heterocycles. The van der Waals surface area contributed by atoms with E-state index < -0.39 is 0 Å². The van der Waals surface area contributed by atoms with E-state index in [1.54, 1.807) is 31.1 Å². The Bertz CT molecular complexity index is 621. The zero-order valence-corrected chi connectivity index (χ0v) is 11.9. The van der Waals surface area contributed by atoms with E-state index in [2.05, 4.69) is 15.0 Å². The maximum atomic E-state index is 9.80. The van der Waals surface area contributed by atoms with Crippen molar-refractivity contribution in [3.05, 3.63) is 29.8 Å². The molecule has 8 nitrogen and oxygen atoms in total. The molecule has 0 saturated heterocycles. The number of anilines is 3. The van der Waals surface area contributed by atoms with Crippen LogP contribution in [0.25, 0.3) is 0 Å². The van der Waals surface area contributed by atoms with Gasteiger partial charge in [0.15, 0.2) is 0 Å². The molecule has 0 spiro atoms. The van der Waals surface area contributed by atoms with Gasteiger partial charge in [0.2, 0.25) is 17.8 Å². The molecule has 0 fully saturated rings. The van der Waals surface area contributed by atoms with Gasteiger partial charge in [-0.05, 0) is 6.07 Å². The van der Waals surface area contributed by atoms with Gasteiger partial charge in [-0.2, -0.15) is 15.0 Å². The number of phenolic OH excluding ortho intramolecular Hbond substituents is 1.